The summed E-state index contributed by atoms with van der Waals surface area (Å²) >= 11 is 0. The third kappa shape index (κ3) is 5.32. The van der Waals surface area contributed by atoms with Crippen molar-refractivity contribution >= 4 is 18.1 Å². The molecule has 1 aromatic carbocycles. The number of benzene rings is 1. The van der Waals surface area contributed by atoms with E-state index in [-0.39, 0.29) is 25.3 Å². The van der Waals surface area contributed by atoms with E-state index in [0.717, 1.165) is 5.56 Å². The molecule has 3 amide bonds. The van der Waals surface area contributed by atoms with E-state index in [1.807, 2.05) is 44.2 Å². The second kappa shape index (κ2) is 10.2. The second-order valence-electron chi connectivity index (χ2n) is 8.79. The number of likely N-dealkylation sites (N-methyl/N-ethyl adjacent to an activating group) is 1. The largest absolute Gasteiger partial charge is 0.467 e. The van der Waals surface area contributed by atoms with Crippen LogP contribution in [0.2, 0.25) is 0 Å². The topological polar surface area (TPSA) is 88.6 Å². The Kier molecular flexibility index (Phi) is 7.60. The van der Waals surface area contributed by atoms with Gasteiger partial charge in [0.25, 0.3) is 0 Å². The zero-order valence-electron chi connectivity index (χ0n) is 19.3. The van der Waals surface area contributed by atoms with Gasteiger partial charge in [-0.25, -0.2) is 14.4 Å². The summed E-state index contributed by atoms with van der Waals surface area (Å²) in [5.41, 5.74) is 0.458. The van der Waals surface area contributed by atoms with Crippen LogP contribution in [0.5, 0.6) is 0 Å². The number of hydrogen-bond donors (Lipinski definition) is 0. The van der Waals surface area contributed by atoms with Crippen molar-refractivity contribution in [1.29, 1.82) is 0 Å². The molecule has 1 aromatic rings. The summed E-state index contributed by atoms with van der Waals surface area (Å²) in [5.74, 6) is -0.491. The van der Waals surface area contributed by atoms with E-state index in [2.05, 4.69) is 0 Å². The molecule has 0 radical (unpaired) electrons. The zero-order chi connectivity index (χ0) is 23.3. The van der Waals surface area contributed by atoms with Crippen LogP contribution >= 0.6 is 0 Å². The monoisotopic (exact) mass is 447 g/mol. The Morgan fingerprint density at radius 2 is 1.78 bits per heavy atom. The first-order valence-electron chi connectivity index (χ1n) is 11.0. The van der Waals surface area contributed by atoms with E-state index in [0.29, 0.717) is 32.5 Å². The van der Waals surface area contributed by atoms with Crippen molar-refractivity contribution in [3.63, 3.8) is 0 Å². The molecule has 2 fully saturated rings. The quantitative estimate of drug-likeness (QED) is 0.645. The highest BCUT2D eigenvalue weighted by Gasteiger charge is 2.45. The molecule has 9 nitrogen and oxygen atoms in total. The van der Waals surface area contributed by atoms with Gasteiger partial charge in [-0.3, -0.25) is 4.90 Å². The lowest BCUT2D eigenvalue weighted by Crippen LogP contribution is -2.55. The maximum atomic E-state index is 13.0. The average molecular weight is 448 g/mol. The van der Waals surface area contributed by atoms with Gasteiger partial charge in [0.15, 0.2) is 0 Å². The fraction of sp³-hybridized carbons (Fsp3) is 0.609. The Labute approximate surface area is 189 Å². The second-order valence-corrected chi connectivity index (χ2v) is 8.79. The molecular weight excluding hydrogens is 414 g/mol. The minimum absolute atomic E-state index is 0.0684. The van der Waals surface area contributed by atoms with Crippen LogP contribution < -0.4 is 0 Å². The van der Waals surface area contributed by atoms with Crippen LogP contribution in [0.25, 0.3) is 0 Å². The molecule has 1 atom stereocenters. The molecule has 0 aliphatic carbocycles. The van der Waals surface area contributed by atoms with Gasteiger partial charge in [0.1, 0.15) is 19.4 Å². The van der Waals surface area contributed by atoms with Crippen LogP contribution in [-0.2, 0) is 25.6 Å². The molecule has 2 aliphatic rings. The average Bonchev–Trinajstić information content (AvgIpc) is 3.21. The first kappa shape index (κ1) is 23.8. The molecule has 2 heterocycles. The Balaban J connectivity index is 1.51. The van der Waals surface area contributed by atoms with E-state index in [9.17, 15) is 14.4 Å². The van der Waals surface area contributed by atoms with Crippen molar-refractivity contribution in [1.82, 2.24) is 14.7 Å². The number of carbonyl (C=O) groups excluding carboxylic acids is 3. The predicted molar refractivity (Wildman–Crippen MR) is 117 cm³/mol. The maximum Gasteiger partial charge on any atom is 0.412 e. The molecule has 0 unspecified atom stereocenters. The lowest BCUT2D eigenvalue weighted by atomic mass is 9.91. The molecule has 2 aliphatic heterocycles. The minimum Gasteiger partial charge on any atom is -0.467 e. The van der Waals surface area contributed by atoms with Gasteiger partial charge in [-0.15, -0.1) is 0 Å². The summed E-state index contributed by atoms with van der Waals surface area (Å²) in [6.07, 6.45) is 0.820. The van der Waals surface area contributed by atoms with E-state index < -0.39 is 23.7 Å². The van der Waals surface area contributed by atoms with Crippen molar-refractivity contribution in [2.24, 2.45) is 5.92 Å². The Morgan fingerprint density at radius 3 is 2.38 bits per heavy atom. The van der Waals surface area contributed by atoms with Crippen LogP contribution in [0.3, 0.4) is 0 Å². The number of nitrogens with zero attached hydrogens (tertiary/aromatic N) is 3. The highest BCUT2D eigenvalue weighted by molar-refractivity contribution is 5.83. The van der Waals surface area contributed by atoms with E-state index in [4.69, 9.17) is 14.2 Å². The van der Waals surface area contributed by atoms with Crippen molar-refractivity contribution in [2.75, 3.05) is 40.5 Å². The molecule has 176 valence electrons. The summed E-state index contributed by atoms with van der Waals surface area (Å²) in [7, 11) is 2.96. The smallest absolute Gasteiger partial charge is 0.412 e. The van der Waals surface area contributed by atoms with Gasteiger partial charge in [0, 0.05) is 20.1 Å². The molecular formula is C23H33N3O6. The van der Waals surface area contributed by atoms with E-state index in [1.54, 1.807) is 16.8 Å². The van der Waals surface area contributed by atoms with Gasteiger partial charge < -0.3 is 24.0 Å². The van der Waals surface area contributed by atoms with Crippen LogP contribution in [-0.4, -0.2) is 85.0 Å². The molecule has 0 aromatic heterocycles. The van der Waals surface area contributed by atoms with Crippen molar-refractivity contribution in [3.8, 4) is 0 Å². The first-order valence-corrected chi connectivity index (χ1v) is 11.0. The molecule has 0 N–H and O–H groups in total. The number of piperidine rings is 1. The van der Waals surface area contributed by atoms with Crippen molar-refractivity contribution in [2.45, 2.75) is 44.9 Å². The number of rotatable bonds is 5. The molecule has 0 saturated carbocycles. The zero-order valence-corrected chi connectivity index (χ0v) is 19.3. The molecule has 2 saturated heterocycles. The standard InChI is InChI=1S/C23H33N3O6/c1-17(2)19(20(27)30-4)24(3)21(28)25-12-10-23(11-13-25)15-26(16-32-23)22(29)31-14-18-8-6-5-7-9-18/h5-9,17,19H,10-16H2,1-4H3/t19-/m0/s1. The number of ether oxygens (including phenoxy) is 3. The van der Waals surface area contributed by atoms with Gasteiger partial charge >= 0.3 is 18.1 Å². The summed E-state index contributed by atoms with van der Waals surface area (Å²) in [4.78, 5) is 42.3. The number of methoxy groups -OCH3 is 1. The fourth-order valence-corrected chi connectivity index (χ4v) is 4.33. The summed E-state index contributed by atoms with van der Waals surface area (Å²) in [6, 6.07) is 8.68. The molecule has 0 bridgehead atoms. The Hall–Kier alpha value is -2.81. The van der Waals surface area contributed by atoms with Gasteiger partial charge in [0.05, 0.1) is 19.3 Å². The first-order chi connectivity index (χ1) is 15.3. The number of urea groups is 1. The summed E-state index contributed by atoms with van der Waals surface area (Å²) in [5, 5.41) is 0. The van der Waals surface area contributed by atoms with E-state index >= 15 is 0 Å². The van der Waals surface area contributed by atoms with E-state index in [1.165, 1.54) is 12.0 Å². The van der Waals surface area contributed by atoms with Crippen LogP contribution in [0.1, 0.15) is 32.3 Å². The van der Waals surface area contributed by atoms with Crippen molar-refractivity contribution < 1.29 is 28.6 Å². The molecule has 1 spiro atoms. The Bertz CT molecular complexity index is 807. The highest BCUT2D eigenvalue weighted by atomic mass is 16.6. The van der Waals surface area contributed by atoms with Gasteiger partial charge in [-0.2, -0.15) is 0 Å². The van der Waals surface area contributed by atoms with Crippen molar-refractivity contribution in [3.05, 3.63) is 35.9 Å². The lowest BCUT2D eigenvalue weighted by Gasteiger charge is -2.40. The maximum absolute atomic E-state index is 13.0. The SMILES string of the molecule is COC(=O)[C@H](C(C)C)N(C)C(=O)N1CCC2(CC1)CN(C(=O)OCc1ccccc1)CO2. The van der Waals surface area contributed by atoms with Crippen LogP contribution in [0.15, 0.2) is 30.3 Å². The fourth-order valence-electron chi connectivity index (χ4n) is 4.33. The number of esters is 1. The van der Waals surface area contributed by atoms with Crippen LogP contribution in [0, 0.1) is 5.92 Å². The molecule has 9 heteroatoms. The number of likely N-dealkylation sites (tertiary alicyclic amines) is 1. The van der Waals surface area contributed by atoms with Gasteiger partial charge in [0.2, 0.25) is 0 Å². The molecule has 32 heavy (non-hydrogen) atoms. The number of hydrogen-bond acceptors (Lipinski definition) is 6. The van der Waals surface area contributed by atoms with Gasteiger partial charge in [-0.1, -0.05) is 44.2 Å². The number of carbonyl (C=O) groups is 3. The third-order valence-corrected chi connectivity index (χ3v) is 6.21. The minimum atomic E-state index is -0.638. The lowest BCUT2D eigenvalue weighted by molar-refractivity contribution is -0.147. The normalized spacial score (nSPS) is 18.5. The summed E-state index contributed by atoms with van der Waals surface area (Å²) in [6.45, 7) is 5.58. The van der Waals surface area contributed by atoms with Gasteiger partial charge in [-0.05, 0) is 24.3 Å². The third-order valence-electron chi connectivity index (χ3n) is 6.21. The Morgan fingerprint density at radius 1 is 1.12 bits per heavy atom. The summed E-state index contributed by atoms with van der Waals surface area (Å²) < 4.78 is 16.3. The number of amides is 3. The van der Waals surface area contributed by atoms with Crippen LogP contribution in [0.4, 0.5) is 9.59 Å². The highest BCUT2D eigenvalue weighted by Crippen LogP contribution is 2.33. The molecule has 3 rings (SSSR count). The predicted octanol–water partition coefficient (Wildman–Crippen LogP) is 2.70.